The second kappa shape index (κ2) is 6.08. The third kappa shape index (κ3) is 3.24. The zero-order chi connectivity index (χ0) is 17.4. The Morgan fingerprint density at radius 3 is 2.17 bits per heavy atom. The summed E-state index contributed by atoms with van der Waals surface area (Å²) in [6.45, 7) is 5.93. The number of anilines is 1. The van der Waals surface area contributed by atoms with Gasteiger partial charge in [0.1, 0.15) is 10.6 Å². The number of aryl methyl sites for hydroxylation is 3. The molecule has 124 valence electrons. The molecule has 0 spiro atoms. The van der Waals surface area contributed by atoms with Crippen molar-refractivity contribution in [1.82, 2.24) is 4.57 Å². The maximum atomic E-state index is 12.8. The molecule has 7 heteroatoms. The molecule has 6 nitrogen and oxygen atoms in total. The summed E-state index contributed by atoms with van der Waals surface area (Å²) in [5.41, 5.74) is 2.42. The molecular weight excluding hydrogens is 316 g/mol. The van der Waals surface area contributed by atoms with Gasteiger partial charge in [0.15, 0.2) is 0 Å². The van der Waals surface area contributed by atoms with Gasteiger partial charge in [0.2, 0.25) is 0 Å². The number of carboxylic acid groups (broad SMARTS) is 1. The number of hydrogen-bond donors (Lipinski definition) is 1. The van der Waals surface area contributed by atoms with Crippen LogP contribution in [0.4, 0.5) is 5.69 Å². The van der Waals surface area contributed by atoms with E-state index < -0.39 is 16.0 Å². The first kappa shape index (κ1) is 17.1. The van der Waals surface area contributed by atoms with Crippen LogP contribution in [0.15, 0.2) is 35.4 Å². The van der Waals surface area contributed by atoms with E-state index in [0.29, 0.717) is 12.2 Å². The van der Waals surface area contributed by atoms with Crippen molar-refractivity contribution in [2.75, 3.05) is 11.4 Å². The van der Waals surface area contributed by atoms with Crippen LogP contribution in [0, 0.1) is 13.8 Å². The average molecular weight is 336 g/mol. The molecule has 0 saturated heterocycles. The molecule has 0 radical (unpaired) electrons. The zero-order valence-electron chi connectivity index (χ0n) is 13.6. The summed E-state index contributed by atoms with van der Waals surface area (Å²) in [6.07, 6.45) is 1.36. The average Bonchev–Trinajstić information content (AvgIpc) is 2.90. The first-order valence-electron chi connectivity index (χ1n) is 7.17. The summed E-state index contributed by atoms with van der Waals surface area (Å²) in [7, 11) is -2.36. The Hall–Kier alpha value is -2.28. The van der Waals surface area contributed by atoms with E-state index in [9.17, 15) is 18.3 Å². The Kier molecular flexibility index (Phi) is 4.51. The Bertz CT molecular complexity index is 833. The highest BCUT2D eigenvalue weighted by atomic mass is 32.2. The number of nitrogens with zero attached hydrogens (tertiary/aromatic N) is 2. The molecular formula is C16H20N2O4S. The van der Waals surface area contributed by atoms with Crippen molar-refractivity contribution >= 4 is 21.7 Å². The summed E-state index contributed by atoms with van der Waals surface area (Å²) >= 11 is 0. The van der Waals surface area contributed by atoms with E-state index >= 15 is 0 Å². The van der Waals surface area contributed by atoms with Crippen LogP contribution in [0.1, 0.15) is 28.5 Å². The van der Waals surface area contributed by atoms with Crippen LogP contribution < -0.4 is 4.31 Å². The molecule has 0 bridgehead atoms. The summed E-state index contributed by atoms with van der Waals surface area (Å²) in [5, 5.41) is 9.17. The van der Waals surface area contributed by atoms with Gasteiger partial charge < -0.3 is 9.67 Å². The number of rotatable bonds is 5. The van der Waals surface area contributed by atoms with Crippen LogP contribution in [0.25, 0.3) is 0 Å². The van der Waals surface area contributed by atoms with Gasteiger partial charge in [-0.15, -0.1) is 0 Å². The molecule has 1 aromatic heterocycles. The lowest BCUT2D eigenvalue weighted by atomic mass is 10.1. The van der Waals surface area contributed by atoms with Crippen LogP contribution in [0.3, 0.4) is 0 Å². The number of hydrogen-bond acceptors (Lipinski definition) is 3. The third-order valence-electron chi connectivity index (χ3n) is 3.66. The van der Waals surface area contributed by atoms with Crippen molar-refractivity contribution in [1.29, 1.82) is 0 Å². The van der Waals surface area contributed by atoms with Gasteiger partial charge in [-0.05, 0) is 50.1 Å². The fraction of sp³-hybridized carbons (Fsp3) is 0.312. The lowest BCUT2D eigenvalue weighted by Crippen LogP contribution is -2.26. The summed E-state index contributed by atoms with van der Waals surface area (Å²) in [4.78, 5) is 11.2. The highest BCUT2D eigenvalue weighted by molar-refractivity contribution is 7.92. The molecule has 0 aliphatic rings. The smallest absolute Gasteiger partial charge is 0.352 e. The van der Waals surface area contributed by atoms with E-state index in [1.54, 1.807) is 19.1 Å². The van der Waals surface area contributed by atoms with Gasteiger partial charge >= 0.3 is 5.97 Å². The molecule has 1 aromatic carbocycles. The Balaban J connectivity index is 2.51. The minimum atomic E-state index is -3.82. The molecule has 0 saturated carbocycles. The highest BCUT2D eigenvalue weighted by Gasteiger charge is 2.25. The summed E-state index contributed by atoms with van der Waals surface area (Å²) in [6, 6.07) is 6.71. The molecule has 23 heavy (non-hydrogen) atoms. The molecule has 0 fully saturated rings. The number of carboxylic acids is 1. The fourth-order valence-corrected chi connectivity index (χ4v) is 3.71. The Labute approximate surface area is 136 Å². The first-order chi connectivity index (χ1) is 10.7. The largest absolute Gasteiger partial charge is 0.477 e. The van der Waals surface area contributed by atoms with Crippen LogP contribution in [0.5, 0.6) is 0 Å². The van der Waals surface area contributed by atoms with E-state index in [0.717, 1.165) is 11.1 Å². The van der Waals surface area contributed by atoms with Gasteiger partial charge in [0.25, 0.3) is 10.0 Å². The van der Waals surface area contributed by atoms with Crippen LogP contribution in [0.2, 0.25) is 0 Å². The van der Waals surface area contributed by atoms with Gasteiger partial charge in [0.05, 0.1) is 5.69 Å². The van der Waals surface area contributed by atoms with Crippen molar-refractivity contribution in [3.05, 3.63) is 47.3 Å². The predicted octanol–water partition coefficient (Wildman–Crippen LogP) is 2.65. The minimum absolute atomic E-state index is 0.0293. The van der Waals surface area contributed by atoms with Crippen molar-refractivity contribution in [3.8, 4) is 0 Å². The molecule has 1 heterocycles. The number of sulfonamides is 1. The number of carbonyl (C=O) groups is 1. The van der Waals surface area contributed by atoms with Gasteiger partial charge in [-0.3, -0.25) is 4.31 Å². The molecule has 0 aliphatic heterocycles. The second-order valence-corrected chi connectivity index (χ2v) is 7.44. The quantitative estimate of drug-likeness (QED) is 0.910. The molecule has 2 rings (SSSR count). The number of benzene rings is 1. The molecule has 0 aliphatic carbocycles. The Morgan fingerprint density at radius 2 is 1.74 bits per heavy atom. The van der Waals surface area contributed by atoms with Crippen molar-refractivity contribution < 1.29 is 18.3 Å². The second-order valence-electron chi connectivity index (χ2n) is 5.47. The molecule has 0 amide bonds. The molecule has 0 unspecified atom stereocenters. The standard InChI is InChI=1S/C16H20N2O4S/c1-5-18-10-14(9-15(18)16(19)20)23(21,22)17(4)13-7-11(2)6-12(3)8-13/h6-10H,5H2,1-4H3,(H,19,20). The monoisotopic (exact) mass is 336 g/mol. The van der Waals surface area contributed by atoms with Gasteiger partial charge in [-0.25, -0.2) is 13.2 Å². The molecule has 1 N–H and O–H groups in total. The summed E-state index contributed by atoms with van der Waals surface area (Å²) in [5.74, 6) is -1.15. The van der Waals surface area contributed by atoms with Crippen molar-refractivity contribution in [2.24, 2.45) is 0 Å². The maximum absolute atomic E-state index is 12.8. The lowest BCUT2D eigenvalue weighted by molar-refractivity contribution is 0.0685. The zero-order valence-corrected chi connectivity index (χ0v) is 14.4. The number of aromatic nitrogens is 1. The Morgan fingerprint density at radius 1 is 1.17 bits per heavy atom. The van der Waals surface area contributed by atoms with E-state index in [4.69, 9.17) is 0 Å². The summed E-state index contributed by atoms with van der Waals surface area (Å²) < 4.78 is 28.1. The third-order valence-corrected chi connectivity index (χ3v) is 5.41. The van der Waals surface area contributed by atoms with Gasteiger partial charge in [0, 0.05) is 19.8 Å². The minimum Gasteiger partial charge on any atom is -0.477 e. The predicted molar refractivity (Wildman–Crippen MR) is 88.6 cm³/mol. The molecule has 0 atom stereocenters. The lowest BCUT2D eigenvalue weighted by Gasteiger charge is -2.19. The van der Waals surface area contributed by atoms with E-state index in [1.165, 1.54) is 28.2 Å². The van der Waals surface area contributed by atoms with Crippen LogP contribution in [-0.4, -0.2) is 31.1 Å². The molecule has 2 aromatic rings. The highest BCUT2D eigenvalue weighted by Crippen LogP contribution is 2.25. The van der Waals surface area contributed by atoms with E-state index in [2.05, 4.69) is 0 Å². The maximum Gasteiger partial charge on any atom is 0.352 e. The van der Waals surface area contributed by atoms with Crippen LogP contribution in [-0.2, 0) is 16.6 Å². The van der Waals surface area contributed by atoms with E-state index in [1.807, 2.05) is 19.9 Å². The van der Waals surface area contributed by atoms with E-state index in [-0.39, 0.29) is 10.6 Å². The number of aromatic carboxylic acids is 1. The van der Waals surface area contributed by atoms with Crippen molar-refractivity contribution in [2.45, 2.75) is 32.2 Å². The van der Waals surface area contributed by atoms with Gasteiger partial charge in [-0.1, -0.05) is 6.07 Å². The topological polar surface area (TPSA) is 79.6 Å². The van der Waals surface area contributed by atoms with Crippen molar-refractivity contribution in [3.63, 3.8) is 0 Å². The SMILES string of the molecule is CCn1cc(S(=O)(=O)N(C)c2cc(C)cc(C)c2)cc1C(=O)O. The van der Waals surface area contributed by atoms with Gasteiger partial charge in [-0.2, -0.15) is 0 Å². The fourth-order valence-electron chi connectivity index (χ4n) is 2.49. The first-order valence-corrected chi connectivity index (χ1v) is 8.61. The van der Waals surface area contributed by atoms with Crippen LogP contribution >= 0.6 is 0 Å². The normalized spacial score (nSPS) is 11.5.